The van der Waals surface area contributed by atoms with E-state index in [0.29, 0.717) is 12.6 Å². The quantitative estimate of drug-likeness (QED) is 0.575. The molecule has 0 atom stereocenters. The van der Waals surface area contributed by atoms with E-state index in [-0.39, 0.29) is 0 Å². The molecule has 17 heavy (non-hydrogen) atoms. The number of unbranched alkanes of at least 4 members (excludes halogenated alkanes) is 1. The minimum absolute atomic E-state index is 0.496. The minimum atomic E-state index is 0.496. The first kappa shape index (κ1) is 13.6. The second kappa shape index (κ2) is 7.76. The molecule has 0 fully saturated rings. The first-order chi connectivity index (χ1) is 8.22. The summed E-state index contributed by atoms with van der Waals surface area (Å²) in [5.41, 5.74) is 1.24. The molecule has 0 aliphatic rings. The van der Waals surface area contributed by atoms with Crippen LogP contribution in [0.15, 0.2) is 24.3 Å². The second-order valence-electron chi connectivity index (χ2n) is 4.34. The van der Waals surface area contributed by atoms with Crippen LogP contribution in [0.5, 0.6) is 5.75 Å². The van der Waals surface area contributed by atoms with Gasteiger partial charge in [-0.3, -0.25) is 0 Å². The summed E-state index contributed by atoms with van der Waals surface area (Å²) in [6, 6.07) is 8.67. The van der Waals surface area contributed by atoms with Gasteiger partial charge in [0.05, 0.1) is 6.61 Å². The van der Waals surface area contributed by atoms with Crippen molar-refractivity contribution >= 4 is 0 Å². The van der Waals surface area contributed by atoms with Crippen molar-refractivity contribution in [1.29, 1.82) is 0 Å². The van der Waals surface area contributed by atoms with E-state index < -0.39 is 0 Å². The third-order valence-electron chi connectivity index (χ3n) is 2.35. The van der Waals surface area contributed by atoms with E-state index >= 15 is 0 Å². The molecule has 0 amide bonds. The van der Waals surface area contributed by atoms with Gasteiger partial charge in [-0.05, 0) is 24.1 Å². The van der Waals surface area contributed by atoms with Gasteiger partial charge in [0.25, 0.3) is 0 Å². The van der Waals surface area contributed by atoms with Gasteiger partial charge in [0.2, 0.25) is 0 Å². The van der Waals surface area contributed by atoms with E-state index in [9.17, 15) is 0 Å². The molecule has 1 N–H and O–H groups in total. The van der Waals surface area contributed by atoms with Gasteiger partial charge < -0.3 is 10.1 Å². The lowest BCUT2D eigenvalue weighted by atomic mass is 10.2. The zero-order valence-corrected chi connectivity index (χ0v) is 10.7. The Kier molecular flexibility index (Phi) is 6.21. The van der Waals surface area contributed by atoms with Crippen molar-refractivity contribution in [2.45, 2.75) is 39.3 Å². The Balaban J connectivity index is 2.40. The summed E-state index contributed by atoms with van der Waals surface area (Å²) in [6.45, 7) is 5.84. The fourth-order valence-electron chi connectivity index (χ4n) is 1.43. The zero-order valence-electron chi connectivity index (χ0n) is 10.7. The molecule has 1 aromatic rings. The van der Waals surface area contributed by atoms with Crippen LogP contribution in [0.3, 0.4) is 0 Å². The van der Waals surface area contributed by atoms with Crippen LogP contribution in [0.25, 0.3) is 0 Å². The van der Waals surface area contributed by atoms with Gasteiger partial charge in [-0.2, -0.15) is 0 Å². The van der Waals surface area contributed by atoms with Crippen molar-refractivity contribution in [3.63, 3.8) is 0 Å². The fraction of sp³-hybridized carbons (Fsp3) is 0.467. The average molecular weight is 231 g/mol. The third-order valence-corrected chi connectivity index (χ3v) is 2.35. The molecule has 0 saturated carbocycles. The van der Waals surface area contributed by atoms with Crippen LogP contribution in [0.2, 0.25) is 0 Å². The van der Waals surface area contributed by atoms with Crippen molar-refractivity contribution in [3.8, 4) is 18.1 Å². The molecule has 0 heterocycles. The van der Waals surface area contributed by atoms with Crippen molar-refractivity contribution in [2.24, 2.45) is 0 Å². The monoisotopic (exact) mass is 231 g/mol. The highest BCUT2D eigenvalue weighted by Gasteiger charge is 1.98. The van der Waals surface area contributed by atoms with E-state index in [0.717, 1.165) is 25.1 Å². The number of benzene rings is 1. The Hall–Kier alpha value is -1.46. The molecule has 92 valence electrons. The molecule has 2 nitrogen and oxygen atoms in total. The molecule has 0 aliphatic carbocycles. The van der Waals surface area contributed by atoms with Gasteiger partial charge in [0.15, 0.2) is 0 Å². The topological polar surface area (TPSA) is 21.3 Å². The number of terminal acetylenes is 1. The maximum Gasteiger partial charge on any atom is 0.119 e. The third kappa shape index (κ3) is 5.99. The molecule has 2 heteroatoms. The van der Waals surface area contributed by atoms with Crippen LogP contribution < -0.4 is 10.1 Å². The van der Waals surface area contributed by atoms with E-state index in [4.69, 9.17) is 11.2 Å². The number of ether oxygens (including phenoxy) is 1. The summed E-state index contributed by atoms with van der Waals surface area (Å²) >= 11 is 0. The van der Waals surface area contributed by atoms with Gasteiger partial charge in [-0.25, -0.2) is 0 Å². The Labute approximate surface area is 104 Å². The highest BCUT2D eigenvalue weighted by atomic mass is 16.5. The van der Waals surface area contributed by atoms with Crippen molar-refractivity contribution in [3.05, 3.63) is 29.8 Å². The van der Waals surface area contributed by atoms with Crippen LogP contribution >= 0.6 is 0 Å². The van der Waals surface area contributed by atoms with Crippen LogP contribution in [-0.2, 0) is 6.54 Å². The lowest BCUT2D eigenvalue weighted by Crippen LogP contribution is -2.21. The molecule has 0 aliphatic heterocycles. The smallest absolute Gasteiger partial charge is 0.119 e. The standard InChI is InChI=1S/C15H21NO/c1-4-5-6-10-17-15-9-7-8-14(11-15)12-16-13(2)3/h1,7-9,11,13,16H,5-6,10,12H2,2-3H3. The molecule has 0 radical (unpaired) electrons. The fourth-order valence-corrected chi connectivity index (χ4v) is 1.43. The van der Waals surface area contributed by atoms with Gasteiger partial charge >= 0.3 is 0 Å². The molecule has 0 spiro atoms. The Bertz CT molecular complexity index is 365. The van der Waals surface area contributed by atoms with E-state index in [1.54, 1.807) is 0 Å². The highest BCUT2D eigenvalue weighted by molar-refractivity contribution is 5.28. The molecular weight excluding hydrogens is 210 g/mol. The summed E-state index contributed by atoms with van der Waals surface area (Å²) in [7, 11) is 0. The normalized spacial score (nSPS) is 10.2. The summed E-state index contributed by atoms with van der Waals surface area (Å²) in [5.74, 6) is 3.53. The zero-order chi connectivity index (χ0) is 12.5. The first-order valence-corrected chi connectivity index (χ1v) is 6.11. The lowest BCUT2D eigenvalue weighted by molar-refractivity contribution is 0.312. The Morgan fingerprint density at radius 3 is 2.94 bits per heavy atom. The van der Waals surface area contributed by atoms with Gasteiger partial charge in [-0.1, -0.05) is 26.0 Å². The number of nitrogens with one attached hydrogen (secondary N) is 1. The lowest BCUT2D eigenvalue weighted by Gasteiger charge is -2.10. The molecule has 1 rings (SSSR count). The predicted molar refractivity (Wildman–Crippen MR) is 72.0 cm³/mol. The summed E-state index contributed by atoms with van der Waals surface area (Å²) in [4.78, 5) is 0. The van der Waals surface area contributed by atoms with Crippen LogP contribution in [0.1, 0.15) is 32.3 Å². The molecule has 0 aromatic heterocycles. The van der Waals surface area contributed by atoms with Crippen LogP contribution in [0.4, 0.5) is 0 Å². The largest absolute Gasteiger partial charge is 0.494 e. The average Bonchev–Trinajstić information content (AvgIpc) is 2.33. The van der Waals surface area contributed by atoms with Crippen LogP contribution in [0, 0.1) is 12.3 Å². The van der Waals surface area contributed by atoms with E-state index in [1.165, 1.54) is 5.56 Å². The Morgan fingerprint density at radius 1 is 1.41 bits per heavy atom. The number of rotatable bonds is 7. The van der Waals surface area contributed by atoms with Gasteiger partial charge in [0, 0.05) is 19.0 Å². The molecule has 0 saturated heterocycles. The van der Waals surface area contributed by atoms with Crippen molar-refractivity contribution in [1.82, 2.24) is 5.32 Å². The number of hydrogen-bond donors (Lipinski definition) is 1. The highest BCUT2D eigenvalue weighted by Crippen LogP contribution is 2.13. The summed E-state index contributed by atoms with van der Waals surface area (Å²) in [5, 5.41) is 3.38. The van der Waals surface area contributed by atoms with Gasteiger partial charge in [-0.15, -0.1) is 12.3 Å². The molecule has 0 unspecified atom stereocenters. The van der Waals surface area contributed by atoms with Crippen molar-refractivity contribution in [2.75, 3.05) is 6.61 Å². The summed E-state index contributed by atoms with van der Waals surface area (Å²) in [6.07, 6.45) is 6.87. The molecular formula is C15H21NO. The van der Waals surface area contributed by atoms with Gasteiger partial charge in [0.1, 0.15) is 5.75 Å². The SMILES string of the molecule is C#CCCCOc1cccc(CNC(C)C)c1. The molecule has 1 aromatic carbocycles. The maximum absolute atomic E-state index is 5.63. The predicted octanol–water partition coefficient (Wildman–Crippen LogP) is 2.98. The maximum atomic E-state index is 5.63. The number of hydrogen-bond acceptors (Lipinski definition) is 2. The van der Waals surface area contributed by atoms with Crippen molar-refractivity contribution < 1.29 is 4.74 Å². The second-order valence-corrected chi connectivity index (χ2v) is 4.34. The van der Waals surface area contributed by atoms with E-state index in [2.05, 4.69) is 37.2 Å². The molecule has 0 bridgehead atoms. The Morgan fingerprint density at radius 2 is 2.24 bits per heavy atom. The van der Waals surface area contributed by atoms with E-state index in [1.807, 2.05) is 12.1 Å². The minimum Gasteiger partial charge on any atom is -0.494 e. The van der Waals surface area contributed by atoms with Crippen LogP contribution in [-0.4, -0.2) is 12.6 Å². The summed E-state index contributed by atoms with van der Waals surface area (Å²) < 4.78 is 5.63. The first-order valence-electron chi connectivity index (χ1n) is 6.11.